The minimum Gasteiger partial charge on any atom is -0.309 e. The molecule has 0 atom stereocenters. The molecular formula is C20H24ClN. The predicted octanol–water partition coefficient (Wildman–Crippen LogP) is 4.81. The quantitative estimate of drug-likeness (QED) is 0.774. The van der Waals surface area contributed by atoms with E-state index in [4.69, 9.17) is 0 Å². The summed E-state index contributed by atoms with van der Waals surface area (Å²) in [5.41, 5.74) is 7.16. The second-order valence-electron chi connectivity index (χ2n) is 6.01. The molecule has 0 saturated carbocycles. The summed E-state index contributed by atoms with van der Waals surface area (Å²) in [6.45, 7) is 1.09. The van der Waals surface area contributed by atoms with Gasteiger partial charge in [-0.15, -0.1) is 12.4 Å². The lowest BCUT2D eigenvalue weighted by Crippen LogP contribution is -2.12. The molecule has 0 radical (unpaired) electrons. The van der Waals surface area contributed by atoms with Gasteiger partial charge in [-0.25, -0.2) is 0 Å². The summed E-state index contributed by atoms with van der Waals surface area (Å²) in [6, 6.07) is 8.84. The molecule has 116 valence electrons. The lowest BCUT2D eigenvalue weighted by Gasteiger charge is -2.17. The summed E-state index contributed by atoms with van der Waals surface area (Å²) in [7, 11) is 4.26. The summed E-state index contributed by atoms with van der Waals surface area (Å²) in [5, 5.41) is 0. The van der Waals surface area contributed by atoms with Crippen molar-refractivity contribution < 1.29 is 0 Å². The number of nitrogens with zero attached hydrogens (tertiary/aromatic N) is 1. The lowest BCUT2D eigenvalue weighted by atomic mass is 9.88. The molecule has 0 aromatic heterocycles. The predicted molar refractivity (Wildman–Crippen MR) is 98.5 cm³/mol. The van der Waals surface area contributed by atoms with Gasteiger partial charge in [0.2, 0.25) is 0 Å². The molecule has 0 fully saturated rings. The van der Waals surface area contributed by atoms with Crippen LogP contribution < -0.4 is 0 Å². The average Bonchev–Trinajstić information content (AvgIpc) is 2.65. The van der Waals surface area contributed by atoms with Gasteiger partial charge >= 0.3 is 0 Å². The minimum absolute atomic E-state index is 0. The Bertz CT molecular complexity index is 647. The van der Waals surface area contributed by atoms with Crippen molar-refractivity contribution in [1.82, 2.24) is 4.90 Å². The Morgan fingerprint density at radius 1 is 1.14 bits per heavy atom. The molecule has 0 amide bonds. The van der Waals surface area contributed by atoms with Gasteiger partial charge in [0.05, 0.1) is 0 Å². The van der Waals surface area contributed by atoms with Gasteiger partial charge in [0.25, 0.3) is 0 Å². The Hall–Kier alpha value is -1.57. The van der Waals surface area contributed by atoms with Crippen molar-refractivity contribution in [2.24, 2.45) is 0 Å². The van der Waals surface area contributed by atoms with Crippen molar-refractivity contribution in [1.29, 1.82) is 0 Å². The van der Waals surface area contributed by atoms with Crippen LogP contribution in [0.2, 0.25) is 0 Å². The molecule has 0 heterocycles. The van der Waals surface area contributed by atoms with Gasteiger partial charge in [0, 0.05) is 6.54 Å². The largest absolute Gasteiger partial charge is 0.309 e. The first-order chi connectivity index (χ1) is 10.3. The maximum absolute atomic E-state index is 2.42. The highest BCUT2D eigenvalue weighted by Gasteiger charge is 2.18. The zero-order valence-electron chi connectivity index (χ0n) is 13.4. The van der Waals surface area contributed by atoms with Gasteiger partial charge in [0.1, 0.15) is 0 Å². The highest BCUT2D eigenvalue weighted by atomic mass is 35.5. The van der Waals surface area contributed by atoms with Crippen molar-refractivity contribution in [2.75, 3.05) is 20.6 Å². The standard InChI is InChI=1S/C20H23N.ClH/c1-21(2)15-7-12-20-18-10-5-3-8-16(18)13-14-17-9-4-6-11-19(17)20;/h3-6,8,10-12,14H,7,9,13,15H2,1-2H3;1H/b20-12+;. The van der Waals surface area contributed by atoms with Gasteiger partial charge in [-0.05, 0) is 61.2 Å². The normalized spacial score (nSPS) is 18.0. The van der Waals surface area contributed by atoms with Crippen LogP contribution in [0.3, 0.4) is 0 Å². The number of allylic oxidation sites excluding steroid dienone is 7. The summed E-state index contributed by atoms with van der Waals surface area (Å²) in [6.07, 6.45) is 14.7. The molecule has 0 bridgehead atoms. The Morgan fingerprint density at radius 3 is 2.77 bits per heavy atom. The highest BCUT2D eigenvalue weighted by molar-refractivity contribution is 5.87. The van der Waals surface area contributed by atoms with E-state index in [0.717, 1.165) is 25.8 Å². The third-order valence-electron chi connectivity index (χ3n) is 4.17. The van der Waals surface area contributed by atoms with Crippen molar-refractivity contribution in [3.8, 4) is 0 Å². The minimum atomic E-state index is 0. The van der Waals surface area contributed by atoms with Crippen LogP contribution in [-0.4, -0.2) is 25.5 Å². The van der Waals surface area contributed by atoms with Crippen LogP contribution in [0.5, 0.6) is 0 Å². The summed E-state index contributed by atoms with van der Waals surface area (Å²) in [5.74, 6) is 0. The second-order valence-corrected chi connectivity index (χ2v) is 6.01. The average molecular weight is 314 g/mol. The fraction of sp³-hybridized carbons (Fsp3) is 0.300. The third-order valence-corrected chi connectivity index (χ3v) is 4.17. The first kappa shape index (κ1) is 16.8. The maximum atomic E-state index is 2.42. The first-order valence-electron chi connectivity index (χ1n) is 7.75. The Labute approximate surface area is 140 Å². The number of fused-ring (bicyclic) bond motifs is 2. The summed E-state index contributed by atoms with van der Waals surface area (Å²) >= 11 is 0. The van der Waals surface area contributed by atoms with E-state index in [1.807, 2.05) is 0 Å². The Balaban J connectivity index is 0.00000176. The Kier molecular flexibility index (Phi) is 5.82. The van der Waals surface area contributed by atoms with Crippen LogP contribution in [0, 0.1) is 0 Å². The molecule has 0 spiro atoms. The van der Waals surface area contributed by atoms with Crippen molar-refractivity contribution >= 4 is 18.0 Å². The van der Waals surface area contributed by atoms with Crippen LogP contribution >= 0.6 is 12.4 Å². The molecule has 0 aliphatic heterocycles. The summed E-state index contributed by atoms with van der Waals surface area (Å²) in [4.78, 5) is 2.24. The van der Waals surface area contributed by atoms with Crippen molar-refractivity contribution in [3.05, 3.63) is 76.9 Å². The van der Waals surface area contributed by atoms with Crippen LogP contribution in [0.1, 0.15) is 24.0 Å². The third kappa shape index (κ3) is 3.60. The van der Waals surface area contributed by atoms with E-state index in [1.165, 1.54) is 27.8 Å². The van der Waals surface area contributed by atoms with Gasteiger partial charge < -0.3 is 4.90 Å². The molecule has 0 unspecified atom stereocenters. The van der Waals surface area contributed by atoms with Crippen LogP contribution in [0.25, 0.3) is 5.57 Å². The number of rotatable bonds is 3. The zero-order chi connectivity index (χ0) is 14.7. The molecule has 3 rings (SSSR count). The van der Waals surface area contributed by atoms with E-state index in [2.05, 4.69) is 73.6 Å². The fourth-order valence-electron chi connectivity index (χ4n) is 3.06. The molecule has 22 heavy (non-hydrogen) atoms. The molecular weight excluding hydrogens is 290 g/mol. The number of hydrogen-bond acceptors (Lipinski definition) is 1. The van der Waals surface area contributed by atoms with Gasteiger partial charge in [0.15, 0.2) is 0 Å². The van der Waals surface area contributed by atoms with Crippen LogP contribution in [-0.2, 0) is 6.42 Å². The SMILES string of the molecule is CN(C)CC/C=C1/C2=CC=CCC2=CCc2ccccc21.Cl. The number of halogens is 1. The van der Waals surface area contributed by atoms with Gasteiger partial charge in [-0.1, -0.05) is 54.6 Å². The molecule has 2 heteroatoms. The van der Waals surface area contributed by atoms with Gasteiger partial charge in [-0.2, -0.15) is 0 Å². The summed E-state index contributed by atoms with van der Waals surface area (Å²) < 4.78 is 0. The molecule has 0 saturated heterocycles. The van der Waals surface area contributed by atoms with Crippen molar-refractivity contribution in [2.45, 2.75) is 19.3 Å². The smallest absolute Gasteiger partial charge is 0.00101 e. The van der Waals surface area contributed by atoms with E-state index in [0.29, 0.717) is 0 Å². The van der Waals surface area contributed by atoms with Crippen LogP contribution in [0.4, 0.5) is 0 Å². The van der Waals surface area contributed by atoms with Crippen molar-refractivity contribution in [3.63, 3.8) is 0 Å². The molecule has 0 N–H and O–H groups in total. The molecule has 1 aromatic carbocycles. The van der Waals surface area contributed by atoms with E-state index >= 15 is 0 Å². The highest BCUT2D eigenvalue weighted by Crippen LogP contribution is 2.37. The first-order valence-corrected chi connectivity index (χ1v) is 7.75. The lowest BCUT2D eigenvalue weighted by molar-refractivity contribution is 0.417. The number of benzene rings is 1. The van der Waals surface area contributed by atoms with Gasteiger partial charge in [-0.3, -0.25) is 0 Å². The fourth-order valence-corrected chi connectivity index (χ4v) is 3.06. The van der Waals surface area contributed by atoms with E-state index in [9.17, 15) is 0 Å². The Morgan fingerprint density at radius 2 is 1.95 bits per heavy atom. The zero-order valence-corrected chi connectivity index (χ0v) is 14.2. The van der Waals surface area contributed by atoms with E-state index in [-0.39, 0.29) is 12.4 Å². The maximum Gasteiger partial charge on any atom is 0.00101 e. The number of hydrogen-bond donors (Lipinski definition) is 0. The molecule has 2 aliphatic carbocycles. The molecule has 1 aromatic rings. The molecule has 1 nitrogen and oxygen atoms in total. The van der Waals surface area contributed by atoms with Crippen LogP contribution in [0.15, 0.2) is 65.8 Å². The molecule has 2 aliphatic rings. The monoisotopic (exact) mass is 313 g/mol. The second kappa shape index (κ2) is 7.62. The van der Waals surface area contributed by atoms with E-state index < -0.39 is 0 Å². The van der Waals surface area contributed by atoms with E-state index in [1.54, 1.807) is 0 Å². The topological polar surface area (TPSA) is 3.24 Å².